The molecule has 2 aromatic carbocycles. The van der Waals surface area contributed by atoms with Crippen molar-refractivity contribution in [2.24, 2.45) is 0 Å². The molecule has 1 amide bonds. The van der Waals surface area contributed by atoms with E-state index < -0.39 is 21.4 Å². The number of nitrogens with zero attached hydrogens (tertiary/aromatic N) is 3. The maximum absolute atomic E-state index is 13.0. The SMILES string of the molecule is Cc1ccc(-n2ccc(=O)c(C(=O)Nc3ccc(S(=O)(=O)N4CC(C)OC(C)C4)cc3)n2)cc1. The van der Waals surface area contributed by atoms with Gasteiger partial charge in [-0.05, 0) is 57.2 Å². The predicted octanol–water partition coefficient (Wildman–Crippen LogP) is 2.59. The number of carbonyl (C=O) groups is 1. The van der Waals surface area contributed by atoms with E-state index in [0.29, 0.717) is 11.4 Å². The molecule has 9 nitrogen and oxygen atoms in total. The minimum atomic E-state index is -3.70. The molecule has 1 N–H and O–H groups in total. The van der Waals surface area contributed by atoms with Crippen molar-refractivity contribution in [1.82, 2.24) is 14.1 Å². The second-order valence-electron chi connectivity index (χ2n) is 8.37. The average molecular weight is 483 g/mol. The first-order chi connectivity index (χ1) is 16.1. The molecule has 10 heteroatoms. The first-order valence-corrected chi connectivity index (χ1v) is 12.3. The largest absolute Gasteiger partial charge is 0.373 e. The molecule has 3 aromatic rings. The van der Waals surface area contributed by atoms with E-state index in [1.807, 2.05) is 45.0 Å². The Hall–Kier alpha value is -3.34. The van der Waals surface area contributed by atoms with Gasteiger partial charge in [0.15, 0.2) is 5.69 Å². The number of benzene rings is 2. The van der Waals surface area contributed by atoms with Gasteiger partial charge in [-0.15, -0.1) is 0 Å². The highest BCUT2D eigenvalue weighted by molar-refractivity contribution is 7.89. The number of aryl methyl sites for hydroxylation is 1. The predicted molar refractivity (Wildman–Crippen MR) is 128 cm³/mol. The number of hydrogen-bond donors (Lipinski definition) is 1. The van der Waals surface area contributed by atoms with Gasteiger partial charge in [0.25, 0.3) is 5.91 Å². The second-order valence-corrected chi connectivity index (χ2v) is 10.3. The van der Waals surface area contributed by atoms with Crippen LogP contribution in [-0.4, -0.2) is 53.7 Å². The molecule has 0 radical (unpaired) electrons. The molecule has 0 bridgehead atoms. The number of rotatable bonds is 5. The molecule has 0 aliphatic carbocycles. The van der Waals surface area contributed by atoms with Crippen LogP contribution in [0.25, 0.3) is 5.69 Å². The maximum Gasteiger partial charge on any atom is 0.280 e. The average Bonchev–Trinajstić information content (AvgIpc) is 2.79. The Labute approximate surface area is 198 Å². The van der Waals surface area contributed by atoms with Crippen LogP contribution in [0.4, 0.5) is 5.69 Å². The minimum Gasteiger partial charge on any atom is -0.373 e. The van der Waals surface area contributed by atoms with Gasteiger partial charge >= 0.3 is 0 Å². The zero-order chi connectivity index (χ0) is 24.5. The highest BCUT2D eigenvalue weighted by Gasteiger charge is 2.32. The monoisotopic (exact) mass is 482 g/mol. The molecule has 1 aliphatic rings. The Morgan fingerprint density at radius 2 is 1.62 bits per heavy atom. The van der Waals surface area contributed by atoms with Crippen molar-refractivity contribution in [3.63, 3.8) is 0 Å². The van der Waals surface area contributed by atoms with E-state index in [1.165, 1.54) is 45.5 Å². The van der Waals surface area contributed by atoms with E-state index >= 15 is 0 Å². The van der Waals surface area contributed by atoms with E-state index in [0.717, 1.165) is 5.56 Å². The molecule has 178 valence electrons. The number of nitrogens with one attached hydrogen (secondary N) is 1. The van der Waals surface area contributed by atoms with E-state index in [1.54, 1.807) is 0 Å². The van der Waals surface area contributed by atoms with Gasteiger partial charge in [0.05, 0.1) is 22.8 Å². The molecule has 1 saturated heterocycles. The lowest BCUT2D eigenvalue weighted by atomic mass is 10.2. The Balaban J connectivity index is 1.52. The number of anilines is 1. The van der Waals surface area contributed by atoms with Crippen LogP contribution in [0.2, 0.25) is 0 Å². The van der Waals surface area contributed by atoms with Crippen LogP contribution < -0.4 is 10.7 Å². The lowest BCUT2D eigenvalue weighted by Crippen LogP contribution is -2.48. The molecule has 2 atom stereocenters. The Kier molecular flexibility index (Phi) is 6.65. The van der Waals surface area contributed by atoms with Gasteiger partial charge in [0.1, 0.15) is 0 Å². The molecule has 1 aliphatic heterocycles. The van der Waals surface area contributed by atoms with Crippen molar-refractivity contribution < 1.29 is 17.9 Å². The van der Waals surface area contributed by atoms with E-state index in [9.17, 15) is 18.0 Å². The summed E-state index contributed by atoms with van der Waals surface area (Å²) in [7, 11) is -3.70. The fourth-order valence-corrected chi connectivity index (χ4v) is 5.37. The van der Waals surface area contributed by atoms with Crippen molar-refractivity contribution in [3.05, 3.63) is 82.3 Å². The van der Waals surface area contributed by atoms with Crippen LogP contribution in [0, 0.1) is 6.92 Å². The smallest absolute Gasteiger partial charge is 0.280 e. The Morgan fingerprint density at radius 3 is 2.24 bits per heavy atom. The van der Waals surface area contributed by atoms with E-state index in [2.05, 4.69) is 10.4 Å². The summed E-state index contributed by atoms with van der Waals surface area (Å²) in [4.78, 5) is 25.1. The highest BCUT2D eigenvalue weighted by atomic mass is 32.2. The minimum absolute atomic E-state index is 0.117. The summed E-state index contributed by atoms with van der Waals surface area (Å²) in [5, 5.41) is 6.79. The number of hydrogen-bond acceptors (Lipinski definition) is 6. The zero-order valence-electron chi connectivity index (χ0n) is 19.1. The summed E-state index contributed by atoms with van der Waals surface area (Å²) in [5.41, 5.74) is 1.35. The summed E-state index contributed by atoms with van der Waals surface area (Å²) < 4.78 is 34.5. The topological polar surface area (TPSA) is 111 Å². The summed E-state index contributed by atoms with van der Waals surface area (Å²) in [6.07, 6.45) is 1.11. The number of ether oxygens (including phenoxy) is 1. The standard InChI is InChI=1S/C24H26N4O5S/c1-16-4-8-20(9-5-16)28-13-12-22(29)23(26-28)24(30)25-19-6-10-21(11-7-19)34(31,32)27-14-17(2)33-18(3)15-27/h4-13,17-18H,14-15H2,1-3H3,(H,25,30). The molecule has 2 unspecified atom stereocenters. The van der Waals surface area contributed by atoms with Crippen LogP contribution >= 0.6 is 0 Å². The zero-order valence-corrected chi connectivity index (χ0v) is 20.0. The van der Waals surface area contributed by atoms with Gasteiger partial charge in [-0.1, -0.05) is 17.7 Å². The fourth-order valence-electron chi connectivity index (χ4n) is 3.78. The van der Waals surface area contributed by atoms with E-state index in [-0.39, 0.29) is 35.9 Å². The van der Waals surface area contributed by atoms with Gasteiger partial charge in [-0.3, -0.25) is 9.59 Å². The van der Waals surface area contributed by atoms with Crippen LogP contribution in [0.3, 0.4) is 0 Å². The number of aromatic nitrogens is 2. The third-order valence-electron chi connectivity index (χ3n) is 5.46. The molecule has 1 aromatic heterocycles. The molecule has 0 spiro atoms. The van der Waals surface area contributed by atoms with Crippen molar-refractivity contribution in [2.45, 2.75) is 37.9 Å². The van der Waals surface area contributed by atoms with Gasteiger partial charge in [-0.2, -0.15) is 9.40 Å². The first-order valence-electron chi connectivity index (χ1n) is 10.9. The maximum atomic E-state index is 13.0. The Bertz CT molecular complexity index is 1340. The van der Waals surface area contributed by atoms with Crippen molar-refractivity contribution in [1.29, 1.82) is 0 Å². The van der Waals surface area contributed by atoms with Crippen molar-refractivity contribution in [2.75, 3.05) is 18.4 Å². The Morgan fingerprint density at radius 1 is 1.00 bits per heavy atom. The number of carbonyl (C=O) groups excluding carboxylic acids is 1. The third kappa shape index (κ3) is 5.09. The van der Waals surface area contributed by atoms with Crippen molar-refractivity contribution in [3.8, 4) is 5.69 Å². The molecule has 0 saturated carbocycles. The normalized spacial score (nSPS) is 19.0. The molecule has 34 heavy (non-hydrogen) atoms. The van der Waals surface area contributed by atoms with Crippen LogP contribution in [-0.2, 0) is 14.8 Å². The fraction of sp³-hybridized carbons (Fsp3) is 0.292. The summed E-state index contributed by atoms with van der Waals surface area (Å²) in [6.45, 7) is 6.18. The first kappa shape index (κ1) is 23.8. The molecular weight excluding hydrogens is 456 g/mol. The van der Waals surface area contributed by atoms with Gasteiger partial charge in [0.2, 0.25) is 15.5 Å². The third-order valence-corrected chi connectivity index (χ3v) is 7.30. The molecular formula is C24H26N4O5S. The quantitative estimate of drug-likeness (QED) is 0.599. The van der Waals surface area contributed by atoms with Crippen LogP contribution in [0.15, 0.2) is 70.5 Å². The second kappa shape index (κ2) is 9.49. The number of morpholine rings is 1. The lowest BCUT2D eigenvalue weighted by molar-refractivity contribution is -0.0440. The molecule has 2 heterocycles. The van der Waals surface area contributed by atoms with E-state index in [4.69, 9.17) is 4.74 Å². The summed E-state index contributed by atoms with van der Waals surface area (Å²) in [6, 6.07) is 14.6. The van der Waals surface area contributed by atoms with Crippen LogP contribution in [0.5, 0.6) is 0 Å². The highest BCUT2D eigenvalue weighted by Crippen LogP contribution is 2.22. The van der Waals surface area contributed by atoms with Gasteiger partial charge in [-0.25, -0.2) is 13.1 Å². The summed E-state index contributed by atoms with van der Waals surface area (Å²) in [5.74, 6) is -0.683. The van der Waals surface area contributed by atoms with Gasteiger partial charge < -0.3 is 10.1 Å². The molecule has 4 rings (SSSR count). The number of amides is 1. The summed E-state index contributed by atoms with van der Waals surface area (Å²) >= 11 is 0. The number of sulfonamides is 1. The van der Waals surface area contributed by atoms with Crippen LogP contribution in [0.1, 0.15) is 29.9 Å². The van der Waals surface area contributed by atoms with Crippen molar-refractivity contribution >= 4 is 21.6 Å². The van der Waals surface area contributed by atoms with Gasteiger partial charge in [0, 0.05) is 31.0 Å². The lowest BCUT2D eigenvalue weighted by Gasteiger charge is -2.34. The molecule has 1 fully saturated rings.